The average Bonchev–Trinajstić information content (AvgIpc) is 2.84. The van der Waals surface area contributed by atoms with Crippen molar-refractivity contribution >= 4 is 34.5 Å². The number of carbonyl (C=O) groups is 2. The Bertz CT molecular complexity index is 1270. The van der Waals surface area contributed by atoms with E-state index in [0.29, 0.717) is 54.4 Å². The van der Waals surface area contributed by atoms with Gasteiger partial charge in [-0.15, -0.1) is 0 Å². The highest BCUT2D eigenvalue weighted by molar-refractivity contribution is 8.00. The van der Waals surface area contributed by atoms with E-state index in [4.69, 9.17) is 9.72 Å². The summed E-state index contributed by atoms with van der Waals surface area (Å²) < 4.78 is 6.60. The Balaban J connectivity index is 1.59. The quantitative estimate of drug-likeness (QED) is 0.303. The lowest BCUT2D eigenvalue weighted by Gasteiger charge is -2.32. The first-order valence-electron chi connectivity index (χ1n) is 11.5. The van der Waals surface area contributed by atoms with Crippen molar-refractivity contribution in [1.82, 2.24) is 19.4 Å². The van der Waals surface area contributed by atoms with Crippen LogP contribution in [-0.4, -0.2) is 56.3 Å². The van der Waals surface area contributed by atoms with Gasteiger partial charge >= 0.3 is 5.97 Å². The van der Waals surface area contributed by atoms with E-state index in [0.717, 1.165) is 5.56 Å². The van der Waals surface area contributed by atoms with Crippen molar-refractivity contribution in [3.8, 4) is 5.82 Å². The maximum atomic E-state index is 13.4. The van der Waals surface area contributed by atoms with Crippen molar-refractivity contribution in [2.45, 2.75) is 44.0 Å². The first-order chi connectivity index (χ1) is 16.4. The molecule has 0 saturated carbocycles. The van der Waals surface area contributed by atoms with Gasteiger partial charge in [0, 0.05) is 19.3 Å². The molecule has 3 heterocycles. The second-order valence-corrected chi connectivity index (χ2v) is 9.66. The summed E-state index contributed by atoms with van der Waals surface area (Å²) in [6, 6.07) is 10.9. The minimum atomic E-state index is -0.469. The minimum Gasteiger partial charge on any atom is -0.466 e. The van der Waals surface area contributed by atoms with Gasteiger partial charge in [0.2, 0.25) is 5.91 Å². The predicted octanol–water partition coefficient (Wildman–Crippen LogP) is 3.37. The maximum Gasteiger partial charge on any atom is 0.309 e. The molecule has 1 saturated heterocycles. The summed E-state index contributed by atoms with van der Waals surface area (Å²) in [7, 11) is 0. The number of amides is 1. The van der Waals surface area contributed by atoms with Gasteiger partial charge in [0.25, 0.3) is 5.56 Å². The van der Waals surface area contributed by atoms with Crippen molar-refractivity contribution in [2.24, 2.45) is 5.92 Å². The highest BCUT2D eigenvalue weighted by Gasteiger charge is 2.31. The molecule has 1 aliphatic rings. The van der Waals surface area contributed by atoms with Crippen molar-refractivity contribution in [3.05, 3.63) is 58.5 Å². The van der Waals surface area contributed by atoms with Gasteiger partial charge in [-0.05, 0) is 63.4 Å². The van der Waals surface area contributed by atoms with Crippen LogP contribution in [0.5, 0.6) is 0 Å². The van der Waals surface area contributed by atoms with Gasteiger partial charge < -0.3 is 9.64 Å². The minimum absolute atomic E-state index is 0.0431. The molecule has 34 heavy (non-hydrogen) atoms. The summed E-state index contributed by atoms with van der Waals surface area (Å²) in [6.45, 7) is 6.92. The number of esters is 1. The van der Waals surface area contributed by atoms with Crippen LogP contribution in [0.25, 0.3) is 16.7 Å². The molecule has 0 aliphatic carbocycles. The Morgan fingerprint density at radius 2 is 1.94 bits per heavy atom. The van der Waals surface area contributed by atoms with E-state index < -0.39 is 5.25 Å². The van der Waals surface area contributed by atoms with E-state index in [2.05, 4.69) is 4.98 Å². The lowest BCUT2D eigenvalue weighted by Crippen LogP contribution is -2.43. The van der Waals surface area contributed by atoms with Gasteiger partial charge in [0.1, 0.15) is 5.82 Å². The van der Waals surface area contributed by atoms with Crippen LogP contribution in [-0.2, 0) is 14.3 Å². The highest BCUT2D eigenvalue weighted by atomic mass is 32.2. The number of carbonyl (C=O) groups excluding carboxylic acids is 2. The third-order valence-electron chi connectivity index (χ3n) is 5.93. The fourth-order valence-corrected chi connectivity index (χ4v) is 5.10. The number of thioether (sulfide) groups is 1. The van der Waals surface area contributed by atoms with E-state index in [1.807, 2.05) is 32.0 Å². The molecule has 1 aromatic carbocycles. The standard InChI is InChI=1S/C25H28N4O4S/c1-4-33-24(32)18-10-13-28(14-11-18)22(30)17(3)34-25-27-20-8-6-5-7-19(20)23(31)29(25)21-15-16(2)9-12-26-21/h5-9,12,15,17-18H,4,10-11,13-14H2,1-3H3. The molecule has 8 nitrogen and oxygen atoms in total. The summed E-state index contributed by atoms with van der Waals surface area (Å²) in [5.74, 6) is 0.0814. The number of fused-ring (bicyclic) bond motifs is 1. The summed E-state index contributed by atoms with van der Waals surface area (Å²) >= 11 is 1.25. The van der Waals surface area contributed by atoms with Gasteiger partial charge in [-0.25, -0.2) is 14.5 Å². The molecule has 9 heteroatoms. The van der Waals surface area contributed by atoms with E-state index in [9.17, 15) is 14.4 Å². The number of hydrogen-bond donors (Lipinski definition) is 0. The first kappa shape index (κ1) is 23.9. The lowest BCUT2D eigenvalue weighted by molar-refractivity contribution is -0.151. The van der Waals surface area contributed by atoms with Crippen LogP contribution < -0.4 is 5.56 Å². The molecule has 1 fully saturated rings. The molecule has 1 unspecified atom stereocenters. The summed E-state index contributed by atoms with van der Waals surface area (Å²) in [6.07, 6.45) is 2.84. The van der Waals surface area contributed by atoms with Crippen LogP contribution in [0.4, 0.5) is 0 Å². The molecule has 0 radical (unpaired) electrons. The number of rotatable bonds is 6. The van der Waals surface area contributed by atoms with Crippen LogP contribution in [0, 0.1) is 12.8 Å². The molecular weight excluding hydrogens is 452 g/mol. The number of para-hydroxylation sites is 1. The second-order valence-electron chi connectivity index (χ2n) is 8.36. The van der Waals surface area contributed by atoms with Crippen molar-refractivity contribution in [1.29, 1.82) is 0 Å². The van der Waals surface area contributed by atoms with Gasteiger partial charge in [-0.1, -0.05) is 23.9 Å². The van der Waals surface area contributed by atoms with Crippen LogP contribution in [0.15, 0.2) is 52.5 Å². The van der Waals surface area contributed by atoms with Gasteiger partial charge in [0.15, 0.2) is 5.16 Å². The van der Waals surface area contributed by atoms with Crippen molar-refractivity contribution < 1.29 is 14.3 Å². The van der Waals surface area contributed by atoms with Crippen LogP contribution >= 0.6 is 11.8 Å². The zero-order valence-electron chi connectivity index (χ0n) is 19.6. The Morgan fingerprint density at radius 3 is 2.65 bits per heavy atom. The first-order valence-corrected chi connectivity index (χ1v) is 12.3. The van der Waals surface area contributed by atoms with Gasteiger partial charge in [-0.2, -0.15) is 0 Å². The van der Waals surface area contributed by atoms with Crippen molar-refractivity contribution in [3.63, 3.8) is 0 Å². The molecule has 1 amide bonds. The Kier molecular flexibility index (Phi) is 7.31. The fourth-order valence-electron chi connectivity index (χ4n) is 4.10. The van der Waals surface area contributed by atoms with Crippen LogP contribution in [0.2, 0.25) is 0 Å². The molecule has 0 N–H and O–H groups in total. The van der Waals surface area contributed by atoms with E-state index >= 15 is 0 Å². The normalized spacial score (nSPS) is 15.3. The number of nitrogens with zero attached hydrogens (tertiary/aromatic N) is 4. The number of benzene rings is 1. The molecule has 0 bridgehead atoms. The molecule has 4 rings (SSSR count). The molecule has 3 aromatic rings. The Labute approximate surface area is 202 Å². The topological polar surface area (TPSA) is 94.4 Å². The number of ether oxygens (including phenoxy) is 1. The van der Waals surface area contributed by atoms with Crippen molar-refractivity contribution in [2.75, 3.05) is 19.7 Å². The summed E-state index contributed by atoms with van der Waals surface area (Å²) in [5, 5.41) is 0.447. The largest absolute Gasteiger partial charge is 0.466 e. The maximum absolute atomic E-state index is 13.4. The lowest BCUT2D eigenvalue weighted by atomic mass is 9.97. The SMILES string of the molecule is CCOC(=O)C1CCN(C(=O)C(C)Sc2nc3ccccc3c(=O)n2-c2cc(C)ccn2)CC1. The zero-order valence-corrected chi connectivity index (χ0v) is 20.4. The predicted molar refractivity (Wildman–Crippen MR) is 131 cm³/mol. The molecule has 1 aliphatic heterocycles. The third kappa shape index (κ3) is 4.99. The number of piperidine rings is 1. The molecule has 0 spiro atoms. The van der Waals surface area contributed by atoms with Crippen LogP contribution in [0.1, 0.15) is 32.3 Å². The Hall–Kier alpha value is -3.20. The molecular formula is C25H28N4O4S. The number of hydrogen-bond acceptors (Lipinski definition) is 7. The second kappa shape index (κ2) is 10.4. The smallest absolute Gasteiger partial charge is 0.309 e. The third-order valence-corrected chi connectivity index (χ3v) is 6.97. The monoisotopic (exact) mass is 480 g/mol. The molecule has 2 aromatic heterocycles. The van der Waals surface area contributed by atoms with E-state index in [1.54, 1.807) is 36.2 Å². The van der Waals surface area contributed by atoms with E-state index in [1.165, 1.54) is 16.3 Å². The average molecular weight is 481 g/mol. The Morgan fingerprint density at radius 1 is 1.21 bits per heavy atom. The molecule has 178 valence electrons. The number of pyridine rings is 1. The zero-order chi connectivity index (χ0) is 24.2. The molecule has 1 atom stereocenters. The van der Waals surface area contributed by atoms with Gasteiger partial charge in [-0.3, -0.25) is 14.4 Å². The number of likely N-dealkylation sites (tertiary alicyclic amines) is 1. The fraction of sp³-hybridized carbons (Fsp3) is 0.400. The number of aromatic nitrogens is 3. The summed E-state index contributed by atoms with van der Waals surface area (Å²) in [4.78, 5) is 49.5. The van der Waals surface area contributed by atoms with Gasteiger partial charge in [0.05, 0.1) is 28.7 Å². The number of aryl methyl sites for hydroxylation is 1. The van der Waals surface area contributed by atoms with E-state index in [-0.39, 0.29) is 23.4 Å². The summed E-state index contributed by atoms with van der Waals surface area (Å²) in [5.41, 5.74) is 1.32. The highest BCUT2D eigenvalue weighted by Crippen LogP contribution is 2.27. The van der Waals surface area contributed by atoms with Crippen LogP contribution in [0.3, 0.4) is 0 Å².